The van der Waals surface area contributed by atoms with Gasteiger partial charge >= 0.3 is 0 Å². The number of fused-ring (bicyclic) bond motifs is 5. The fourth-order valence-electron chi connectivity index (χ4n) is 5.48. The molecule has 2 atom stereocenters. The zero-order valence-corrected chi connectivity index (χ0v) is 16.3. The second kappa shape index (κ2) is 6.27. The minimum Gasteiger partial charge on any atom is -0.365 e. The Morgan fingerprint density at radius 3 is 2.86 bits per heavy atom. The van der Waals surface area contributed by atoms with Crippen LogP contribution in [0.3, 0.4) is 0 Å². The third kappa shape index (κ3) is 2.63. The van der Waals surface area contributed by atoms with E-state index < -0.39 is 0 Å². The predicted octanol–water partition coefficient (Wildman–Crippen LogP) is 4.65. The van der Waals surface area contributed by atoms with Gasteiger partial charge in [-0.2, -0.15) is 0 Å². The molecule has 29 heavy (non-hydrogen) atoms. The van der Waals surface area contributed by atoms with Crippen LogP contribution in [0.5, 0.6) is 0 Å². The minimum atomic E-state index is -0.370. The van der Waals surface area contributed by atoms with Crippen molar-refractivity contribution in [3.05, 3.63) is 42.6 Å². The van der Waals surface area contributed by atoms with E-state index in [1.165, 1.54) is 37.9 Å². The summed E-state index contributed by atoms with van der Waals surface area (Å²) in [5, 5.41) is 9.14. The maximum atomic E-state index is 13.8. The van der Waals surface area contributed by atoms with Gasteiger partial charge in [0.1, 0.15) is 17.0 Å². The van der Waals surface area contributed by atoms with Crippen LogP contribution in [0.1, 0.15) is 32.6 Å². The number of nitrogens with one attached hydrogen (secondary N) is 2. The maximum absolute atomic E-state index is 13.8. The topological polar surface area (TPSA) is 70.9 Å². The lowest BCUT2D eigenvalue weighted by atomic mass is 9.62. The van der Waals surface area contributed by atoms with Crippen LogP contribution in [-0.4, -0.2) is 30.6 Å². The molecule has 0 unspecified atom stereocenters. The number of nitrogens with zero attached hydrogens (tertiary/aromatic N) is 4. The molecule has 2 N–H and O–H groups in total. The molecular weight excluding hydrogens is 367 g/mol. The van der Waals surface area contributed by atoms with Gasteiger partial charge < -0.3 is 10.3 Å². The highest BCUT2D eigenvalue weighted by Gasteiger charge is 2.41. The molecule has 0 aliphatic heterocycles. The van der Waals surface area contributed by atoms with Gasteiger partial charge in [-0.15, -0.1) is 5.10 Å². The second-order valence-corrected chi connectivity index (χ2v) is 8.58. The van der Waals surface area contributed by atoms with Gasteiger partial charge in [-0.3, -0.25) is 0 Å². The summed E-state index contributed by atoms with van der Waals surface area (Å²) in [4.78, 5) is 12.1. The van der Waals surface area contributed by atoms with Crippen molar-refractivity contribution >= 4 is 22.4 Å². The molecule has 0 amide bonds. The Hall–Kier alpha value is -2.96. The zero-order valence-electron chi connectivity index (χ0n) is 16.3. The number of rotatable bonds is 3. The fourth-order valence-corrected chi connectivity index (χ4v) is 5.48. The number of aromatic nitrogens is 5. The van der Waals surface area contributed by atoms with Gasteiger partial charge in [0.05, 0.1) is 6.20 Å². The van der Waals surface area contributed by atoms with Crippen molar-refractivity contribution in [3.8, 4) is 11.4 Å². The van der Waals surface area contributed by atoms with Gasteiger partial charge in [-0.25, -0.2) is 18.9 Å². The predicted molar refractivity (Wildman–Crippen MR) is 110 cm³/mol. The Balaban J connectivity index is 1.46. The number of hydrogen-bond acceptors (Lipinski definition) is 4. The summed E-state index contributed by atoms with van der Waals surface area (Å²) in [6.45, 7) is 2.37. The average Bonchev–Trinajstić information content (AvgIpc) is 3.37. The largest absolute Gasteiger partial charge is 0.365 e. The van der Waals surface area contributed by atoms with Crippen molar-refractivity contribution in [3.63, 3.8) is 0 Å². The minimum absolute atomic E-state index is 0.370. The molecule has 4 aromatic heterocycles. The summed E-state index contributed by atoms with van der Waals surface area (Å²) >= 11 is 0. The van der Waals surface area contributed by atoms with Crippen LogP contribution in [0.4, 0.5) is 10.2 Å². The molecule has 7 heteroatoms. The first-order valence-electron chi connectivity index (χ1n) is 10.4. The molecule has 0 spiro atoms. The Kier molecular flexibility index (Phi) is 3.66. The van der Waals surface area contributed by atoms with E-state index in [0.717, 1.165) is 22.8 Å². The number of aromatic amines is 1. The van der Waals surface area contributed by atoms with Crippen molar-refractivity contribution in [2.75, 3.05) is 5.32 Å². The molecule has 7 rings (SSSR count). The molecule has 0 radical (unpaired) electrons. The van der Waals surface area contributed by atoms with Crippen LogP contribution >= 0.6 is 0 Å². The van der Waals surface area contributed by atoms with Gasteiger partial charge in [0, 0.05) is 29.4 Å². The molecular formula is C22H23FN6. The number of anilines is 1. The first-order chi connectivity index (χ1) is 14.2. The van der Waals surface area contributed by atoms with Gasteiger partial charge in [0.2, 0.25) is 0 Å². The van der Waals surface area contributed by atoms with Crippen LogP contribution in [-0.2, 0) is 0 Å². The van der Waals surface area contributed by atoms with Crippen molar-refractivity contribution in [1.29, 1.82) is 0 Å². The molecule has 0 aromatic carbocycles. The molecule has 4 aromatic rings. The van der Waals surface area contributed by atoms with Crippen LogP contribution in [0.25, 0.3) is 27.9 Å². The molecule has 0 saturated heterocycles. The summed E-state index contributed by atoms with van der Waals surface area (Å²) in [6, 6.07) is 5.93. The summed E-state index contributed by atoms with van der Waals surface area (Å²) in [5.74, 6) is 3.19. The first kappa shape index (κ1) is 16.9. The number of pyridine rings is 1. The normalized spacial score (nSPS) is 26.4. The lowest BCUT2D eigenvalue weighted by Crippen LogP contribution is -2.47. The molecule has 3 saturated carbocycles. The van der Waals surface area contributed by atoms with Crippen LogP contribution < -0.4 is 5.32 Å². The Morgan fingerprint density at radius 2 is 2.03 bits per heavy atom. The summed E-state index contributed by atoms with van der Waals surface area (Å²) in [6.07, 6.45) is 10.3. The monoisotopic (exact) mass is 390 g/mol. The Morgan fingerprint density at radius 1 is 1.21 bits per heavy atom. The van der Waals surface area contributed by atoms with E-state index >= 15 is 0 Å². The van der Waals surface area contributed by atoms with Crippen molar-refractivity contribution in [2.24, 2.45) is 17.8 Å². The molecule has 4 heterocycles. The first-order valence-corrected chi connectivity index (χ1v) is 10.4. The van der Waals surface area contributed by atoms with Crippen molar-refractivity contribution in [2.45, 2.75) is 38.6 Å². The van der Waals surface area contributed by atoms with Gasteiger partial charge in [0.25, 0.3) is 0 Å². The van der Waals surface area contributed by atoms with Crippen molar-refractivity contribution in [1.82, 2.24) is 24.6 Å². The number of halogens is 1. The van der Waals surface area contributed by atoms with Gasteiger partial charge in [-0.1, -0.05) is 6.92 Å². The molecule has 3 aliphatic carbocycles. The molecule has 2 bridgehead atoms. The van der Waals surface area contributed by atoms with E-state index in [9.17, 15) is 4.39 Å². The molecule has 6 nitrogen and oxygen atoms in total. The average molecular weight is 390 g/mol. The van der Waals surface area contributed by atoms with E-state index in [1.54, 1.807) is 6.20 Å². The zero-order chi connectivity index (χ0) is 19.5. The molecule has 148 valence electrons. The quantitative estimate of drug-likeness (QED) is 0.534. The third-order valence-corrected chi connectivity index (χ3v) is 7.07. The summed E-state index contributed by atoms with van der Waals surface area (Å²) in [5.41, 5.74) is 2.35. The molecule has 3 fully saturated rings. The van der Waals surface area contributed by atoms with Crippen LogP contribution in [0.2, 0.25) is 0 Å². The van der Waals surface area contributed by atoms with E-state index in [4.69, 9.17) is 4.98 Å². The maximum Gasteiger partial charge on any atom is 0.184 e. The van der Waals surface area contributed by atoms with Crippen molar-refractivity contribution < 1.29 is 4.39 Å². The second-order valence-electron chi connectivity index (χ2n) is 8.58. The van der Waals surface area contributed by atoms with E-state index in [-0.39, 0.29) is 5.82 Å². The highest BCUT2D eigenvalue weighted by Crippen LogP contribution is 2.46. The smallest absolute Gasteiger partial charge is 0.184 e. The fraction of sp³-hybridized carbons (Fsp3) is 0.409. The van der Waals surface area contributed by atoms with E-state index in [2.05, 4.69) is 27.3 Å². The van der Waals surface area contributed by atoms with E-state index in [1.807, 2.05) is 22.8 Å². The summed E-state index contributed by atoms with van der Waals surface area (Å²) in [7, 11) is 0. The lowest BCUT2D eigenvalue weighted by molar-refractivity contribution is 0.0928. The van der Waals surface area contributed by atoms with Gasteiger partial charge in [-0.05, 0) is 61.6 Å². The number of H-pyrrole nitrogens is 1. The lowest BCUT2D eigenvalue weighted by Gasteiger charge is -2.47. The van der Waals surface area contributed by atoms with Gasteiger partial charge in [0.15, 0.2) is 11.6 Å². The van der Waals surface area contributed by atoms with Crippen LogP contribution in [0, 0.1) is 23.6 Å². The highest BCUT2D eigenvalue weighted by molar-refractivity contribution is 5.92. The van der Waals surface area contributed by atoms with Crippen LogP contribution in [0.15, 0.2) is 36.8 Å². The Labute approximate surface area is 167 Å². The highest BCUT2D eigenvalue weighted by atomic mass is 19.1. The molecule has 3 aliphatic rings. The third-order valence-electron chi connectivity index (χ3n) is 7.07. The number of hydrogen-bond donors (Lipinski definition) is 2. The van der Waals surface area contributed by atoms with E-state index in [0.29, 0.717) is 34.7 Å². The SMILES string of the molecule is C[C@H]1C2CCC(CC2)[C@@H]1Nc1nc(-c2c[nH]c3ncc(F)cc23)nn2cccc12. The standard InChI is InChI=1S/C22H23FN6/c1-12-13-4-6-14(7-5-13)19(12)26-22-18-3-2-8-29(18)28-21(27-22)17-11-25-20-16(17)9-15(23)10-24-20/h2-3,8-14,19H,4-7H2,1H3,(H,24,25)(H,26,27,28)/t12-,13?,14?,19+/m0/s1. The Bertz CT molecular complexity index is 1200. The summed E-state index contributed by atoms with van der Waals surface area (Å²) < 4.78 is 15.6.